The Hall–Kier alpha value is -1.64. The molecule has 3 aliphatic carbocycles. The van der Waals surface area contributed by atoms with Gasteiger partial charge in [0.15, 0.2) is 0 Å². The summed E-state index contributed by atoms with van der Waals surface area (Å²) in [5.74, 6) is -0.0757. The highest BCUT2D eigenvalue weighted by atomic mass is 16.5. The van der Waals surface area contributed by atoms with Crippen LogP contribution in [0.15, 0.2) is 30.3 Å². The minimum atomic E-state index is -0.706. The monoisotopic (exact) mass is 272 g/mol. The third-order valence-electron chi connectivity index (χ3n) is 5.27. The fourth-order valence-corrected chi connectivity index (χ4v) is 3.78. The fraction of sp³-hybridized carbons (Fsp3) is 0.529. The van der Waals surface area contributed by atoms with Gasteiger partial charge in [-0.25, -0.2) is 4.79 Å². The van der Waals surface area contributed by atoms with E-state index < -0.39 is 11.8 Å². The van der Waals surface area contributed by atoms with Crippen molar-refractivity contribution in [3.8, 4) is 0 Å². The van der Waals surface area contributed by atoms with E-state index in [9.17, 15) is 9.59 Å². The molecule has 20 heavy (non-hydrogen) atoms. The van der Waals surface area contributed by atoms with Crippen molar-refractivity contribution in [2.75, 3.05) is 0 Å². The van der Waals surface area contributed by atoms with Gasteiger partial charge < -0.3 is 4.74 Å². The van der Waals surface area contributed by atoms with Gasteiger partial charge in [-0.05, 0) is 30.6 Å². The molecule has 0 saturated heterocycles. The second kappa shape index (κ2) is 4.72. The molecule has 0 heterocycles. The molecule has 3 atom stereocenters. The molecule has 3 heteroatoms. The Morgan fingerprint density at radius 1 is 1.15 bits per heavy atom. The number of fused-ring (bicyclic) bond motifs is 2. The van der Waals surface area contributed by atoms with Gasteiger partial charge in [0.2, 0.25) is 0 Å². The zero-order valence-electron chi connectivity index (χ0n) is 12.0. The molecule has 0 N–H and O–H groups in total. The van der Waals surface area contributed by atoms with Crippen molar-refractivity contribution in [3.05, 3.63) is 35.9 Å². The Labute approximate surface area is 119 Å². The lowest BCUT2D eigenvalue weighted by Gasteiger charge is -2.59. The second-order valence-electron chi connectivity index (χ2n) is 6.58. The number of ether oxygens (including phenoxy) is 1. The van der Waals surface area contributed by atoms with Crippen LogP contribution in [0.25, 0.3) is 0 Å². The van der Waals surface area contributed by atoms with E-state index in [1.54, 1.807) is 24.3 Å². The summed E-state index contributed by atoms with van der Waals surface area (Å²) in [6.07, 6.45) is 3.04. The first-order valence-corrected chi connectivity index (χ1v) is 7.30. The molecule has 0 radical (unpaired) electrons. The minimum absolute atomic E-state index is 0.0878. The molecule has 1 aromatic carbocycles. The van der Waals surface area contributed by atoms with E-state index in [1.807, 2.05) is 6.07 Å². The Morgan fingerprint density at radius 2 is 1.85 bits per heavy atom. The van der Waals surface area contributed by atoms with Gasteiger partial charge in [-0.3, -0.25) is 4.79 Å². The van der Waals surface area contributed by atoms with Crippen LogP contribution in [0.1, 0.15) is 43.5 Å². The average molecular weight is 272 g/mol. The molecule has 0 aromatic heterocycles. The lowest BCUT2D eigenvalue weighted by atomic mass is 9.48. The quantitative estimate of drug-likeness (QED) is 0.482. The van der Waals surface area contributed by atoms with Crippen molar-refractivity contribution in [1.82, 2.24) is 0 Å². The van der Waals surface area contributed by atoms with Crippen LogP contribution in [0.3, 0.4) is 0 Å². The van der Waals surface area contributed by atoms with Gasteiger partial charge in [0.25, 0.3) is 5.78 Å². The van der Waals surface area contributed by atoms with Crippen LogP contribution in [-0.2, 0) is 9.53 Å². The number of carbonyl (C=O) groups is 2. The highest BCUT2D eigenvalue weighted by molar-refractivity contribution is 6.40. The number of Topliss-reactive ketones (excluding diaryl/α,β-unsaturated/α-hetero) is 1. The van der Waals surface area contributed by atoms with Crippen LogP contribution in [-0.4, -0.2) is 17.9 Å². The SMILES string of the molecule is CC1(C)[C@@H]2CC[C@H](OC(=O)C(=O)c3ccccc3)[C@H]1C2. The Balaban J connectivity index is 1.66. The molecular weight excluding hydrogens is 252 g/mol. The van der Waals surface area contributed by atoms with Crippen LogP contribution in [0.2, 0.25) is 0 Å². The molecule has 3 aliphatic rings. The van der Waals surface area contributed by atoms with Crippen molar-refractivity contribution in [1.29, 1.82) is 0 Å². The van der Waals surface area contributed by atoms with E-state index in [0.29, 0.717) is 11.5 Å². The van der Waals surface area contributed by atoms with Crippen LogP contribution < -0.4 is 0 Å². The number of ketones is 1. The van der Waals surface area contributed by atoms with Crippen LogP contribution in [0, 0.1) is 17.3 Å². The normalized spacial score (nSPS) is 30.2. The van der Waals surface area contributed by atoms with Gasteiger partial charge in [-0.1, -0.05) is 44.2 Å². The fourth-order valence-electron chi connectivity index (χ4n) is 3.78. The van der Waals surface area contributed by atoms with Gasteiger partial charge in [0.05, 0.1) is 0 Å². The van der Waals surface area contributed by atoms with E-state index in [0.717, 1.165) is 25.2 Å². The minimum Gasteiger partial charge on any atom is -0.456 e. The van der Waals surface area contributed by atoms with E-state index in [1.165, 1.54) is 0 Å². The number of rotatable bonds is 3. The van der Waals surface area contributed by atoms with Gasteiger partial charge in [-0.15, -0.1) is 0 Å². The predicted octanol–water partition coefficient (Wildman–Crippen LogP) is 3.24. The molecule has 0 amide bonds. The van der Waals surface area contributed by atoms with Crippen molar-refractivity contribution < 1.29 is 14.3 Å². The molecule has 0 unspecified atom stereocenters. The summed E-state index contributed by atoms with van der Waals surface area (Å²) in [5, 5.41) is 0. The molecule has 106 valence electrons. The lowest BCUT2D eigenvalue weighted by Crippen LogP contribution is -2.56. The number of hydrogen-bond donors (Lipinski definition) is 0. The summed E-state index contributed by atoms with van der Waals surface area (Å²) in [6, 6.07) is 8.61. The standard InChI is InChI=1S/C17H20O3/c1-17(2)12-8-9-14(13(17)10-12)20-16(19)15(18)11-6-4-3-5-7-11/h3-7,12-14H,8-10H2,1-2H3/t12-,13-,14+/m1/s1. The number of hydrogen-bond acceptors (Lipinski definition) is 3. The molecule has 0 aliphatic heterocycles. The lowest BCUT2D eigenvalue weighted by molar-refractivity contribution is -0.177. The largest absolute Gasteiger partial charge is 0.456 e. The maximum atomic E-state index is 12.0. The molecule has 3 nitrogen and oxygen atoms in total. The third-order valence-corrected chi connectivity index (χ3v) is 5.27. The summed E-state index contributed by atoms with van der Waals surface area (Å²) in [6.45, 7) is 4.48. The van der Waals surface area contributed by atoms with Crippen LogP contribution >= 0.6 is 0 Å². The topological polar surface area (TPSA) is 43.4 Å². The first kappa shape index (κ1) is 13.3. The van der Waals surface area contributed by atoms with E-state index >= 15 is 0 Å². The summed E-state index contributed by atoms with van der Waals surface area (Å²) in [7, 11) is 0. The highest BCUT2D eigenvalue weighted by Gasteiger charge is 2.55. The maximum absolute atomic E-state index is 12.0. The zero-order valence-corrected chi connectivity index (χ0v) is 12.0. The second-order valence-corrected chi connectivity index (χ2v) is 6.58. The number of benzene rings is 1. The molecule has 3 saturated carbocycles. The number of carbonyl (C=O) groups excluding carboxylic acids is 2. The smallest absolute Gasteiger partial charge is 0.379 e. The van der Waals surface area contributed by atoms with Crippen molar-refractivity contribution >= 4 is 11.8 Å². The van der Waals surface area contributed by atoms with Gasteiger partial charge in [0.1, 0.15) is 6.10 Å². The molecule has 0 spiro atoms. The molecular formula is C17H20O3. The van der Waals surface area contributed by atoms with Gasteiger partial charge >= 0.3 is 5.97 Å². The van der Waals surface area contributed by atoms with E-state index in [2.05, 4.69) is 13.8 Å². The summed E-state index contributed by atoms with van der Waals surface area (Å²) in [5.41, 5.74) is 0.651. The Morgan fingerprint density at radius 3 is 2.45 bits per heavy atom. The van der Waals surface area contributed by atoms with E-state index in [-0.39, 0.29) is 11.5 Å². The van der Waals surface area contributed by atoms with Gasteiger partial charge in [0, 0.05) is 11.5 Å². The van der Waals surface area contributed by atoms with Crippen LogP contribution in [0.5, 0.6) is 0 Å². The van der Waals surface area contributed by atoms with Crippen molar-refractivity contribution in [2.45, 2.75) is 39.2 Å². The maximum Gasteiger partial charge on any atom is 0.379 e. The molecule has 1 aromatic rings. The first-order valence-electron chi connectivity index (χ1n) is 7.30. The predicted molar refractivity (Wildman–Crippen MR) is 75.3 cm³/mol. The number of esters is 1. The summed E-state index contributed by atoms with van der Waals surface area (Å²) in [4.78, 5) is 24.0. The summed E-state index contributed by atoms with van der Waals surface area (Å²) >= 11 is 0. The highest BCUT2D eigenvalue weighted by Crippen LogP contribution is 2.59. The van der Waals surface area contributed by atoms with E-state index in [4.69, 9.17) is 4.74 Å². The first-order chi connectivity index (χ1) is 9.50. The molecule has 3 fully saturated rings. The van der Waals surface area contributed by atoms with Crippen molar-refractivity contribution in [3.63, 3.8) is 0 Å². The molecule has 2 bridgehead atoms. The van der Waals surface area contributed by atoms with Crippen LogP contribution in [0.4, 0.5) is 0 Å². The zero-order chi connectivity index (χ0) is 14.3. The molecule has 4 rings (SSSR count). The van der Waals surface area contributed by atoms with Crippen molar-refractivity contribution in [2.24, 2.45) is 17.3 Å². The summed E-state index contributed by atoms with van der Waals surface area (Å²) < 4.78 is 5.50. The third kappa shape index (κ3) is 2.05. The average Bonchev–Trinajstić information content (AvgIpc) is 2.47. The van der Waals surface area contributed by atoms with Gasteiger partial charge in [-0.2, -0.15) is 0 Å². The Bertz CT molecular complexity index is 530. The Kier molecular flexibility index (Phi) is 3.15.